The Morgan fingerprint density at radius 3 is 2.42 bits per heavy atom. The van der Waals surface area contributed by atoms with Crippen LogP contribution in [0, 0.1) is 11.8 Å². The Balaban J connectivity index is 1.58. The Labute approximate surface area is 224 Å². The second-order valence-corrected chi connectivity index (χ2v) is 8.61. The molecule has 0 aliphatic heterocycles. The normalized spacial score (nSPS) is 10.6. The van der Waals surface area contributed by atoms with Crippen LogP contribution in [0.25, 0.3) is 22.3 Å². The van der Waals surface area contributed by atoms with E-state index in [2.05, 4.69) is 31.9 Å². The second-order valence-electron chi connectivity index (χ2n) is 8.22. The van der Waals surface area contributed by atoms with E-state index < -0.39 is 0 Å². The quantitative estimate of drug-likeness (QED) is 0.256. The van der Waals surface area contributed by atoms with Crippen molar-refractivity contribution in [2.45, 2.75) is 0 Å². The third-order valence-electron chi connectivity index (χ3n) is 5.65. The maximum absolute atomic E-state index is 6.01. The topological polar surface area (TPSA) is 117 Å². The molecule has 0 atom stereocenters. The van der Waals surface area contributed by atoms with Gasteiger partial charge in [-0.3, -0.25) is 9.67 Å². The average Bonchev–Trinajstić information content (AvgIpc) is 3.36. The zero-order chi connectivity index (χ0) is 26.6. The lowest BCUT2D eigenvalue weighted by molar-refractivity contribution is 0.394. The first-order chi connectivity index (χ1) is 18.4. The van der Waals surface area contributed by atoms with Crippen molar-refractivity contribution >= 4 is 40.0 Å². The molecule has 5 rings (SSSR count). The lowest BCUT2D eigenvalue weighted by atomic mass is 10.2. The van der Waals surface area contributed by atoms with Crippen molar-refractivity contribution in [2.75, 3.05) is 31.4 Å². The predicted molar refractivity (Wildman–Crippen MR) is 147 cm³/mol. The standard InChI is InChI=1S/C27H23ClN8O2/c1-35-16-17(14-31-35)25-15-30-23-7-6-19(12-24(23)33-25)36(20-10-21(37-2)13-22(11-20)38-3)8-4-5-18-9-26(28)34-27(29)32-18/h6-7,9-16H,8H2,1-3H3,(H2,29,32,34). The molecular formula is C27H23ClN8O2. The summed E-state index contributed by atoms with van der Waals surface area (Å²) in [5, 5.41) is 4.47. The van der Waals surface area contributed by atoms with Gasteiger partial charge in [0.25, 0.3) is 0 Å². The molecule has 0 saturated heterocycles. The highest BCUT2D eigenvalue weighted by Gasteiger charge is 2.14. The van der Waals surface area contributed by atoms with Gasteiger partial charge in [0.15, 0.2) is 0 Å². The fourth-order valence-corrected chi connectivity index (χ4v) is 4.04. The van der Waals surface area contributed by atoms with E-state index in [0.717, 1.165) is 33.7 Å². The third-order valence-corrected chi connectivity index (χ3v) is 5.85. The number of methoxy groups -OCH3 is 2. The van der Waals surface area contributed by atoms with Crippen LogP contribution in [-0.2, 0) is 7.05 Å². The molecule has 10 nitrogen and oxygen atoms in total. The minimum atomic E-state index is 0.0636. The number of nitrogen functional groups attached to an aromatic ring is 1. The summed E-state index contributed by atoms with van der Waals surface area (Å²) in [4.78, 5) is 19.5. The molecule has 5 aromatic rings. The van der Waals surface area contributed by atoms with E-state index >= 15 is 0 Å². The van der Waals surface area contributed by atoms with Crippen molar-refractivity contribution in [3.8, 4) is 34.6 Å². The molecular weight excluding hydrogens is 504 g/mol. The first-order valence-electron chi connectivity index (χ1n) is 11.5. The third kappa shape index (κ3) is 5.43. The van der Waals surface area contributed by atoms with E-state index in [1.54, 1.807) is 37.4 Å². The number of anilines is 3. The van der Waals surface area contributed by atoms with E-state index in [9.17, 15) is 0 Å². The number of aromatic nitrogens is 6. The number of hydrogen-bond acceptors (Lipinski definition) is 9. The van der Waals surface area contributed by atoms with Crippen LogP contribution in [0.5, 0.6) is 11.5 Å². The predicted octanol–water partition coefficient (Wildman–Crippen LogP) is 4.26. The Kier molecular flexibility index (Phi) is 6.93. The molecule has 0 unspecified atom stereocenters. The van der Waals surface area contributed by atoms with Crippen LogP contribution in [0.3, 0.4) is 0 Å². The Morgan fingerprint density at radius 2 is 1.74 bits per heavy atom. The monoisotopic (exact) mass is 526 g/mol. The maximum Gasteiger partial charge on any atom is 0.222 e. The fraction of sp³-hybridized carbons (Fsp3) is 0.148. The van der Waals surface area contributed by atoms with Gasteiger partial charge in [0, 0.05) is 54.4 Å². The molecule has 190 valence electrons. The number of rotatable bonds is 6. The average molecular weight is 527 g/mol. The van der Waals surface area contributed by atoms with Gasteiger partial charge in [-0.1, -0.05) is 17.5 Å². The van der Waals surface area contributed by atoms with Crippen LogP contribution < -0.4 is 20.1 Å². The number of nitrogens with two attached hydrogens (primary N) is 1. The molecule has 0 amide bonds. The van der Waals surface area contributed by atoms with E-state index in [0.29, 0.717) is 23.7 Å². The summed E-state index contributed by atoms with van der Waals surface area (Å²) in [6, 6.07) is 13.1. The number of nitrogens with zero attached hydrogens (tertiary/aromatic N) is 7. The molecule has 0 aliphatic rings. The first kappa shape index (κ1) is 24.8. The molecule has 0 radical (unpaired) electrons. The number of halogens is 1. The van der Waals surface area contributed by atoms with Crippen LogP contribution in [0.1, 0.15) is 5.69 Å². The van der Waals surface area contributed by atoms with Crippen molar-refractivity contribution in [2.24, 2.45) is 7.05 Å². The molecule has 0 fully saturated rings. The van der Waals surface area contributed by atoms with Gasteiger partial charge >= 0.3 is 0 Å². The summed E-state index contributed by atoms with van der Waals surface area (Å²) in [7, 11) is 5.08. The van der Waals surface area contributed by atoms with Gasteiger partial charge in [0.05, 0.1) is 49.9 Å². The first-order valence-corrected chi connectivity index (χ1v) is 11.8. The number of benzene rings is 2. The molecule has 2 aromatic carbocycles. The number of fused-ring (bicyclic) bond motifs is 1. The van der Waals surface area contributed by atoms with Gasteiger partial charge in [-0.15, -0.1) is 0 Å². The van der Waals surface area contributed by atoms with Gasteiger partial charge in [0.1, 0.15) is 22.3 Å². The Hall–Kier alpha value is -4.88. The van der Waals surface area contributed by atoms with Gasteiger partial charge in [-0.2, -0.15) is 5.10 Å². The number of aryl methyl sites for hydroxylation is 1. The number of hydrogen-bond donors (Lipinski definition) is 1. The van der Waals surface area contributed by atoms with Crippen molar-refractivity contribution in [3.63, 3.8) is 0 Å². The molecule has 38 heavy (non-hydrogen) atoms. The lowest BCUT2D eigenvalue weighted by Crippen LogP contribution is -2.17. The summed E-state index contributed by atoms with van der Waals surface area (Å²) >= 11 is 6.01. The van der Waals surface area contributed by atoms with Crippen molar-refractivity contribution in [1.29, 1.82) is 0 Å². The highest BCUT2D eigenvalue weighted by molar-refractivity contribution is 6.29. The minimum Gasteiger partial charge on any atom is -0.497 e. The zero-order valence-corrected chi connectivity index (χ0v) is 21.6. The Bertz CT molecular complexity index is 1650. The molecule has 0 spiro atoms. The van der Waals surface area contributed by atoms with Gasteiger partial charge < -0.3 is 20.1 Å². The van der Waals surface area contributed by atoms with Gasteiger partial charge in [-0.25, -0.2) is 15.0 Å². The second kappa shape index (κ2) is 10.6. The zero-order valence-electron chi connectivity index (χ0n) is 20.9. The highest BCUT2D eigenvalue weighted by atomic mass is 35.5. The minimum absolute atomic E-state index is 0.0636. The van der Waals surface area contributed by atoms with E-state index in [4.69, 9.17) is 31.8 Å². The largest absolute Gasteiger partial charge is 0.497 e. The fourth-order valence-electron chi connectivity index (χ4n) is 3.85. The van der Waals surface area contributed by atoms with E-state index in [-0.39, 0.29) is 11.1 Å². The summed E-state index contributed by atoms with van der Waals surface area (Å²) in [6.45, 7) is 0.305. The molecule has 0 bridgehead atoms. The molecule has 2 N–H and O–H groups in total. The lowest BCUT2D eigenvalue weighted by Gasteiger charge is -2.24. The SMILES string of the molecule is COc1cc(OC)cc(N(CC#Cc2cc(Cl)nc(N)n2)c2ccc3ncc(-c4cnn(C)c4)nc3c2)c1. The number of ether oxygens (including phenoxy) is 2. The van der Waals surface area contributed by atoms with E-state index in [1.807, 2.05) is 54.5 Å². The van der Waals surface area contributed by atoms with Crippen molar-refractivity contribution in [3.05, 3.63) is 71.9 Å². The smallest absolute Gasteiger partial charge is 0.222 e. The maximum atomic E-state index is 6.01. The summed E-state index contributed by atoms with van der Waals surface area (Å²) in [6.07, 6.45) is 5.40. The van der Waals surface area contributed by atoms with Crippen LogP contribution in [0.4, 0.5) is 17.3 Å². The molecule has 11 heteroatoms. The Morgan fingerprint density at radius 1 is 0.947 bits per heavy atom. The molecule has 3 aromatic heterocycles. The van der Waals surface area contributed by atoms with E-state index in [1.165, 1.54) is 0 Å². The van der Waals surface area contributed by atoms with Crippen LogP contribution in [0.2, 0.25) is 5.15 Å². The van der Waals surface area contributed by atoms with Crippen molar-refractivity contribution in [1.82, 2.24) is 29.7 Å². The summed E-state index contributed by atoms with van der Waals surface area (Å²) in [5.41, 5.74) is 10.9. The molecule has 0 aliphatic carbocycles. The van der Waals surface area contributed by atoms with Gasteiger partial charge in [-0.05, 0) is 24.1 Å². The molecule has 0 saturated carbocycles. The summed E-state index contributed by atoms with van der Waals surface area (Å²) in [5.74, 6) is 7.53. The summed E-state index contributed by atoms with van der Waals surface area (Å²) < 4.78 is 12.7. The van der Waals surface area contributed by atoms with Gasteiger partial charge in [0.2, 0.25) is 5.95 Å². The van der Waals surface area contributed by atoms with Crippen molar-refractivity contribution < 1.29 is 9.47 Å². The van der Waals surface area contributed by atoms with Crippen LogP contribution >= 0.6 is 11.6 Å². The van der Waals surface area contributed by atoms with Crippen LogP contribution in [-0.4, -0.2) is 50.5 Å². The molecule has 3 heterocycles. The van der Waals surface area contributed by atoms with Crippen LogP contribution in [0.15, 0.2) is 61.1 Å². The highest BCUT2D eigenvalue weighted by Crippen LogP contribution is 2.34.